The molecule has 0 aliphatic carbocycles. The molecule has 32 heavy (non-hydrogen) atoms. The molecule has 1 atom stereocenters. The molecule has 0 aliphatic heterocycles. The molecule has 0 amide bonds. The minimum absolute atomic E-state index is 0.0814. The van der Waals surface area contributed by atoms with Crippen LogP contribution in [0.5, 0.6) is 5.75 Å². The monoisotopic (exact) mass is 442 g/mol. The summed E-state index contributed by atoms with van der Waals surface area (Å²) in [5, 5.41) is 17.9. The van der Waals surface area contributed by atoms with Crippen LogP contribution in [0.1, 0.15) is 35.4 Å². The molecule has 4 aromatic rings. The van der Waals surface area contributed by atoms with Gasteiger partial charge in [-0.3, -0.25) is 0 Å². The van der Waals surface area contributed by atoms with E-state index >= 15 is 0 Å². The number of alkyl halides is 3. The van der Waals surface area contributed by atoms with E-state index in [9.17, 15) is 18.3 Å². The van der Waals surface area contributed by atoms with Gasteiger partial charge in [0.25, 0.3) is 0 Å². The van der Waals surface area contributed by atoms with Crippen LogP contribution < -0.4 is 5.32 Å². The Hall–Kier alpha value is -3.26. The fourth-order valence-electron chi connectivity index (χ4n) is 4.00. The van der Waals surface area contributed by atoms with Gasteiger partial charge in [0.2, 0.25) is 0 Å². The lowest BCUT2D eigenvalue weighted by molar-refractivity contribution is -0.141. The molecule has 0 spiro atoms. The topological polar surface area (TPSA) is 55.0 Å². The largest absolute Gasteiger partial charge is 0.508 e. The summed E-state index contributed by atoms with van der Waals surface area (Å²) in [4.78, 5) is 0. The normalized spacial score (nSPS) is 13.1. The molecular weight excluding hydrogens is 417 g/mol. The first-order chi connectivity index (χ1) is 15.1. The van der Waals surface area contributed by atoms with Gasteiger partial charge in [0.15, 0.2) is 5.69 Å². The number of aromatic nitrogens is 3. The molecule has 2 aromatic carbocycles. The highest BCUT2D eigenvalue weighted by Gasteiger charge is 2.35. The number of nitrogens with one attached hydrogen (secondary N) is 1. The molecule has 0 saturated heterocycles. The highest BCUT2D eigenvalue weighted by atomic mass is 19.4. The van der Waals surface area contributed by atoms with Crippen LogP contribution in [0.15, 0.2) is 54.7 Å². The van der Waals surface area contributed by atoms with Crippen molar-refractivity contribution in [3.8, 4) is 11.4 Å². The molecule has 0 bridgehead atoms. The van der Waals surface area contributed by atoms with Crippen molar-refractivity contribution in [2.45, 2.75) is 32.5 Å². The summed E-state index contributed by atoms with van der Waals surface area (Å²) in [6.45, 7) is 4.72. The van der Waals surface area contributed by atoms with Gasteiger partial charge in [0.05, 0.1) is 11.4 Å². The molecule has 5 nitrogen and oxygen atoms in total. The van der Waals surface area contributed by atoms with Gasteiger partial charge in [-0.25, -0.2) is 4.68 Å². The van der Waals surface area contributed by atoms with Gasteiger partial charge in [-0.05, 0) is 60.4 Å². The molecule has 4 rings (SSSR count). The Balaban J connectivity index is 1.55. The van der Waals surface area contributed by atoms with Gasteiger partial charge in [0.1, 0.15) is 5.75 Å². The first kappa shape index (κ1) is 22.0. The van der Waals surface area contributed by atoms with E-state index in [1.807, 2.05) is 49.9 Å². The highest BCUT2D eigenvalue weighted by molar-refractivity contribution is 5.85. The van der Waals surface area contributed by atoms with E-state index in [1.165, 1.54) is 4.68 Å². The van der Waals surface area contributed by atoms with Gasteiger partial charge in [-0.2, -0.15) is 18.3 Å². The molecule has 8 heteroatoms. The van der Waals surface area contributed by atoms with Crippen molar-refractivity contribution in [2.75, 3.05) is 6.54 Å². The first-order valence-corrected chi connectivity index (χ1v) is 10.4. The Bertz CT molecular complexity index is 1260. The van der Waals surface area contributed by atoms with Crippen LogP contribution in [0.3, 0.4) is 0 Å². The van der Waals surface area contributed by atoms with E-state index in [4.69, 9.17) is 0 Å². The highest BCUT2D eigenvalue weighted by Crippen LogP contribution is 2.31. The number of phenolic OH excluding ortho intramolecular Hbond substituents is 1. The number of hydrogen-bond donors (Lipinski definition) is 2. The molecule has 2 N–H and O–H groups in total. The number of benzene rings is 2. The maximum Gasteiger partial charge on any atom is 0.435 e. The second-order valence-electron chi connectivity index (χ2n) is 8.20. The number of halogens is 3. The summed E-state index contributed by atoms with van der Waals surface area (Å²) in [6.07, 6.45) is -2.49. The number of aromatic hydroxyl groups is 1. The Morgan fingerprint density at radius 1 is 1.12 bits per heavy atom. The maximum atomic E-state index is 13.3. The van der Waals surface area contributed by atoms with Crippen LogP contribution in [0.25, 0.3) is 16.6 Å². The quantitative estimate of drug-likeness (QED) is 0.427. The van der Waals surface area contributed by atoms with Gasteiger partial charge in [-0.1, -0.05) is 19.1 Å². The SMILES string of the molecule is Cc1cccc(-n2nc(C(F)(F)F)cc2CNCC(C)c2cn(C)c3ccc(O)cc23)c1. The minimum Gasteiger partial charge on any atom is -0.508 e. The average Bonchev–Trinajstić information content (AvgIpc) is 3.29. The predicted molar refractivity (Wildman–Crippen MR) is 118 cm³/mol. The number of nitrogens with zero attached hydrogens (tertiary/aromatic N) is 3. The van der Waals surface area contributed by atoms with Gasteiger partial charge < -0.3 is 15.0 Å². The van der Waals surface area contributed by atoms with Crippen LogP contribution in [0, 0.1) is 6.92 Å². The Morgan fingerprint density at radius 3 is 2.62 bits per heavy atom. The van der Waals surface area contributed by atoms with Crippen LogP contribution in [-0.2, 0) is 19.8 Å². The van der Waals surface area contributed by atoms with Crippen LogP contribution in [0.2, 0.25) is 0 Å². The fraction of sp³-hybridized carbons (Fsp3) is 0.292. The van der Waals surface area contributed by atoms with Crippen LogP contribution in [-0.4, -0.2) is 26.0 Å². The van der Waals surface area contributed by atoms with Gasteiger partial charge in [-0.15, -0.1) is 0 Å². The first-order valence-electron chi connectivity index (χ1n) is 10.4. The smallest absolute Gasteiger partial charge is 0.435 e. The molecule has 2 aromatic heterocycles. The third kappa shape index (κ3) is 4.36. The molecule has 2 heterocycles. The number of aryl methyl sites for hydroxylation is 2. The average molecular weight is 442 g/mol. The maximum absolute atomic E-state index is 13.3. The summed E-state index contributed by atoms with van der Waals surface area (Å²) >= 11 is 0. The van der Waals surface area contributed by atoms with Gasteiger partial charge >= 0.3 is 6.18 Å². The zero-order valence-electron chi connectivity index (χ0n) is 18.1. The zero-order chi connectivity index (χ0) is 23.0. The van der Waals surface area contributed by atoms with Crippen molar-refractivity contribution in [1.29, 1.82) is 0 Å². The molecule has 0 fully saturated rings. The minimum atomic E-state index is -4.51. The number of hydrogen-bond acceptors (Lipinski definition) is 3. The Labute approximate surface area is 184 Å². The van der Waals surface area contributed by atoms with E-state index in [2.05, 4.69) is 10.4 Å². The summed E-state index contributed by atoms with van der Waals surface area (Å²) in [7, 11) is 1.95. The predicted octanol–water partition coefficient (Wildman–Crippen LogP) is 5.29. The number of rotatable bonds is 6. The molecule has 0 aliphatic rings. The van der Waals surface area contributed by atoms with Crippen molar-refractivity contribution in [1.82, 2.24) is 19.7 Å². The lowest BCUT2D eigenvalue weighted by atomic mass is 10.0. The Morgan fingerprint density at radius 2 is 1.91 bits per heavy atom. The second kappa shape index (κ2) is 8.35. The van der Waals surface area contributed by atoms with Crippen molar-refractivity contribution < 1.29 is 18.3 Å². The number of phenols is 1. The van der Waals surface area contributed by atoms with Gasteiger partial charge in [0, 0.05) is 37.2 Å². The molecule has 168 valence electrons. The molecular formula is C24H25F3N4O. The molecule has 0 saturated carbocycles. The van der Waals surface area contributed by atoms with Crippen LogP contribution in [0.4, 0.5) is 13.2 Å². The summed E-state index contributed by atoms with van der Waals surface area (Å²) in [5.74, 6) is 0.282. The van der Waals surface area contributed by atoms with Crippen LogP contribution >= 0.6 is 0 Å². The van der Waals surface area contributed by atoms with Crippen molar-refractivity contribution in [2.24, 2.45) is 7.05 Å². The Kier molecular flexibility index (Phi) is 5.73. The fourth-order valence-corrected chi connectivity index (χ4v) is 4.00. The van der Waals surface area contributed by atoms with Crippen molar-refractivity contribution in [3.05, 3.63) is 77.2 Å². The van der Waals surface area contributed by atoms with E-state index in [0.717, 1.165) is 28.1 Å². The lowest BCUT2D eigenvalue weighted by Gasteiger charge is -2.13. The van der Waals surface area contributed by atoms with E-state index in [-0.39, 0.29) is 18.2 Å². The molecule has 1 unspecified atom stereocenters. The third-order valence-electron chi connectivity index (χ3n) is 5.61. The van der Waals surface area contributed by atoms with E-state index < -0.39 is 11.9 Å². The lowest BCUT2D eigenvalue weighted by Crippen LogP contribution is -2.21. The standard InChI is InChI=1S/C24H25F3N4O/c1-15-5-4-6-17(9-15)31-18(10-23(29-31)24(25,26)27)13-28-12-16(2)21-14-30(3)22-8-7-19(32)11-20(21)22/h4-11,14,16,28,32H,12-13H2,1-3H3. The van der Waals surface area contributed by atoms with E-state index in [0.29, 0.717) is 17.9 Å². The third-order valence-corrected chi connectivity index (χ3v) is 5.61. The summed E-state index contributed by atoms with van der Waals surface area (Å²) in [5.41, 5.74) is 3.14. The van der Waals surface area contributed by atoms with E-state index in [1.54, 1.807) is 24.3 Å². The second-order valence-corrected chi connectivity index (χ2v) is 8.20. The zero-order valence-corrected chi connectivity index (χ0v) is 18.1. The summed E-state index contributed by atoms with van der Waals surface area (Å²) in [6, 6.07) is 13.6. The number of fused-ring (bicyclic) bond motifs is 1. The van der Waals surface area contributed by atoms with Crippen molar-refractivity contribution in [3.63, 3.8) is 0 Å². The summed E-state index contributed by atoms with van der Waals surface area (Å²) < 4.78 is 43.3. The van der Waals surface area contributed by atoms with Crippen molar-refractivity contribution >= 4 is 10.9 Å². The molecule has 0 radical (unpaired) electrons.